The molecule has 6 aromatic rings. The van der Waals surface area contributed by atoms with Crippen LogP contribution in [0.4, 0.5) is 0 Å². The lowest BCUT2D eigenvalue weighted by atomic mass is 10.2. The Bertz CT molecular complexity index is 1630. The summed E-state index contributed by atoms with van der Waals surface area (Å²) in [4.78, 5) is 18.2. The fourth-order valence-corrected chi connectivity index (χ4v) is 3.77. The van der Waals surface area contributed by atoms with Crippen molar-refractivity contribution in [1.29, 1.82) is 0 Å². The van der Waals surface area contributed by atoms with Gasteiger partial charge in [0, 0.05) is 5.56 Å². The van der Waals surface area contributed by atoms with Gasteiger partial charge in [0.05, 0.1) is 11.4 Å². The van der Waals surface area contributed by atoms with Crippen LogP contribution in [0, 0.1) is 6.92 Å². The number of rotatable bonds is 3. The van der Waals surface area contributed by atoms with Crippen LogP contribution >= 0.6 is 0 Å². The van der Waals surface area contributed by atoms with Crippen LogP contribution in [0.25, 0.3) is 39.7 Å². The molecule has 0 bridgehead atoms. The van der Waals surface area contributed by atoms with Gasteiger partial charge >= 0.3 is 5.56 Å². The van der Waals surface area contributed by atoms with Crippen LogP contribution in [0.5, 0.6) is 0 Å². The first-order valence-electron chi connectivity index (χ1n) is 10.2. The normalized spacial score (nSPS) is 11.4. The molecule has 0 aliphatic heterocycles. The minimum absolute atomic E-state index is 0.166. The molecule has 154 valence electrons. The zero-order chi connectivity index (χ0) is 21.7. The van der Waals surface area contributed by atoms with Crippen molar-refractivity contribution >= 4 is 16.9 Å². The number of fused-ring (bicyclic) bond motifs is 2. The molecule has 0 spiro atoms. The number of hydrogen-bond acceptors (Lipinski definition) is 5. The number of nitrogens with zero attached hydrogens (tertiary/aromatic N) is 7. The highest BCUT2D eigenvalue weighted by molar-refractivity contribution is 5.74. The van der Waals surface area contributed by atoms with Gasteiger partial charge in [-0.1, -0.05) is 71.4 Å². The highest BCUT2D eigenvalue weighted by atomic mass is 16.1. The highest BCUT2D eigenvalue weighted by Crippen LogP contribution is 2.25. The van der Waals surface area contributed by atoms with Crippen molar-refractivity contribution in [2.24, 2.45) is 0 Å². The smallest absolute Gasteiger partial charge is 0.265 e. The summed E-state index contributed by atoms with van der Waals surface area (Å²) in [6.07, 6.45) is 0. The van der Waals surface area contributed by atoms with E-state index in [-0.39, 0.29) is 11.1 Å². The van der Waals surface area contributed by atoms with E-state index in [1.54, 1.807) is 4.68 Å². The van der Waals surface area contributed by atoms with Gasteiger partial charge in [-0.25, -0.2) is 0 Å². The van der Waals surface area contributed by atoms with Crippen LogP contribution in [0.15, 0.2) is 89.7 Å². The standard InChI is InChI=1S/C24H17N7O/c1-16-12-14-18(15-13-16)29-21(17-8-4-2-5-9-17)27-31-23(32)20-22(25-24(29)31)30(28-26-20)19-10-6-3-7-11-19/h2-15H,1H3. The van der Waals surface area contributed by atoms with Crippen LogP contribution in [0.1, 0.15) is 5.56 Å². The average molecular weight is 419 g/mol. The Balaban J connectivity index is 1.73. The topological polar surface area (TPSA) is 82.9 Å². The number of aromatic nitrogens is 7. The van der Waals surface area contributed by atoms with Gasteiger partial charge in [-0.3, -0.25) is 9.36 Å². The van der Waals surface area contributed by atoms with E-state index in [1.165, 1.54) is 4.52 Å². The molecule has 0 unspecified atom stereocenters. The van der Waals surface area contributed by atoms with Gasteiger partial charge in [-0.2, -0.15) is 14.2 Å². The Labute approximate surface area is 182 Å². The van der Waals surface area contributed by atoms with Crippen LogP contribution in [-0.2, 0) is 0 Å². The Morgan fingerprint density at radius 2 is 1.47 bits per heavy atom. The number of aryl methyl sites for hydroxylation is 1. The van der Waals surface area contributed by atoms with Crippen LogP contribution in [-0.4, -0.2) is 34.2 Å². The minimum Gasteiger partial charge on any atom is -0.265 e. The maximum atomic E-state index is 13.3. The van der Waals surface area contributed by atoms with Gasteiger partial charge in [0.2, 0.25) is 5.78 Å². The van der Waals surface area contributed by atoms with E-state index in [4.69, 9.17) is 4.98 Å². The molecule has 8 heteroatoms. The lowest BCUT2D eigenvalue weighted by molar-refractivity contribution is 0.817. The third-order valence-electron chi connectivity index (χ3n) is 5.37. The predicted octanol–water partition coefficient (Wildman–Crippen LogP) is 3.59. The summed E-state index contributed by atoms with van der Waals surface area (Å²) in [5.41, 5.74) is 3.83. The monoisotopic (exact) mass is 419 g/mol. The number of hydrogen-bond donors (Lipinski definition) is 0. The molecule has 8 nitrogen and oxygen atoms in total. The summed E-state index contributed by atoms with van der Waals surface area (Å²) in [5.74, 6) is 1.01. The molecule has 0 saturated heterocycles. The zero-order valence-electron chi connectivity index (χ0n) is 17.1. The molecule has 6 rings (SSSR count). The van der Waals surface area contributed by atoms with E-state index in [2.05, 4.69) is 15.4 Å². The first-order valence-corrected chi connectivity index (χ1v) is 10.2. The van der Waals surface area contributed by atoms with Crippen LogP contribution in [0.3, 0.4) is 0 Å². The summed E-state index contributed by atoms with van der Waals surface area (Å²) in [6, 6.07) is 27.3. The van der Waals surface area contributed by atoms with Gasteiger partial charge < -0.3 is 0 Å². The van der Waals surface area contributed by atoms with Crippen molar-refractivity contribution in [3.63, 3.8) is 0 Å². The van der Waals surface area contributed by atoms with E-state index < -0.39 is 0 Å². The van der Waals surface area contributed by atoms with Crippen LogP contribution in [0.2, 0.25) is 0 Å². The minimum atomic E-state index is -0.366. The summed E-state index contributed by atoms with van der Waals surface area (Å²) in [7, 11) is 0. The summed E-state index contributed by atoms with van der Waals surface area (Å²) >= 11 is 0. The van der Waals surface area contributed by atoms with Crippen molar-refractivity contribution in [3.05, 3.63) is 101 Å². The average Bonchev–Trinajstić information content (AvgIpc) is 3.44. The number of para-hydroxylation sites is 1. The molecule has 0 fully saturated rings. The molecule has 0 aliphatic rings. The van der Waals surface area contributed by atoms with Gasteiger partial charge in [-0.05, 0) is 31.2 Å². The Morgan fingerprint density at radius 3 is 2.19 bits per heavy atom. The Hall–Kier alpha value is -4.59. The fraction of sp³-hybridized carbons (Fsp3) is 0.0417. The molecule has 3 aromatic carbocycles. The van der Waals surface area contributed by atoms with E-state index in [9.17, 15) is 4.79 Å². The van der Waals surface area contributed by atoms with Crippen molar-refractivity contribution in [3.8, 4) is 22.8 Å². The summed E-state index contributed by atoms with van der Waals surface area (Å²) in [5, 5.41) is 12.9. The largest absolute Gasteiger partial charge is 0.305 e. The van der Waals surface area contributed by atoms with Crippen molar-refractivity contribution < 1.29 is 0 Å². The first kappa shape index (κ1) is 18.2. The molecule has 0 N–H and O–H groups in total. The molecular formula is C24H17N7O. The first-order chi connectivity index (χ1) is 15.7. The van der Waals surface area contributed by atoms with Gasteiger partial charge in [0.1, 0.15) is 0 Å². The summed E-state index contributed by atoms with van der Waals surface area (Å²) in [6.45, 7) is 2.03. The van der Waals surface area contributed by atoms with Crippen molar-refractivity contribution in [2.45, 2.75) is 6.92 Å². The highest BCUT2D eigenvalue weighted by Gasteiger charge is 2.21. The second kappa shape index (κ2) is 6.98. The van der Waals surface area contributed by atoms with Crippen molar-refractivity contribution in [2.75, 3.05) is 0 Å². The molecule has 0 radical (unpaired) electrons. The van der Waals surface area contributed by atoms with Gasteiger partial charge in [0.15, 0.2) is 17.0 Å². The van der Waals surface area contributed by atoms with E-state index in [0.29, 0.717) is 17.2 Å². The Morgan fingerprint density at radius 1 is 0.781 bits per heavy atom. The van der Waals surface area contributed by atoms with Gasteiger partial charge in [-0.15, -0.1) is 10.2 Å². The Kier molecular flexibility index (Phi) is 3.97. The molecule has 3 aromatic heterocycles. The lowest BCUT2D eigenvalue weighted by Gasteiger charge is -2.08. The second-order valence-corrected chi connectivity index (χ2v) is 7.50. The molecule has 32 heavy (non-hydrogen) atoms. The SMILES string of the molecule is Cc1ccc(-n2c(-c3ccccc3)nn3c(=O)c4nnn(-c5ccccc5)c4nc23)cc1. The van der Waals surface area contributed by atoms with E-state index in [0.717, 1.165) is 22.5 Å². The van der Waals surface area contributed by atoms with Gasteiger partial charge in [0.25, 0.3) is 0 Å². The quantitative estimate of drug-likeness (QED) is 0.438. The molecule has 3 heterocycles. The van der Waals surface area contributed by atoms with E-state index >= 15 is 0 Å². The molecule has 0 aliphatic carbocycles. The third-order valence-corrected chi connectivity index (χ3v) is 5.37. The molecule has 0 atom stereocenters. The lowest BCUT2D eigenvalue weighted by Crippen LogP contribution is -2.17. The van der Waals surface area contributed by atoms with Crippen molar-refractivity contribution in [1.82, 2.24) is 34.2 Å². The maximum absolute atomic E-state index is 13.3. The van der Waals surface area contributed by atoms with Crippen LogP contribution < -0.4 is 5.56 Å². The molecule has 0 amide bonds. The summed E-state index contributed by atoms with van der Waals surface area (Å²) < 4.78 is 4.76. The zero-order valence-corrected chi connectivity index (χ0v) is 17.1. The second-order valence-electron chi connectivity index (χ2n) is 7.50. The fourth-order valence-electron chi connectivity index (χ4n) is 3.77. The third kappa shape index (κ3) is 2.73. The predicted molar refractivity (Wildman–Crippen MR) is 121 cm³/mol. The maximum Gasteiger partial charge on any atom is 0.305 e. The molecule has 0 saturated carbocycles. The molecular weight excluding hydrogens is 402 g/mol. The number of benzene rings is 3. The van der Waals surface area contributed by atoms with E-state index in [1.807, 2.05) is 96.4 Å².